The van der Waals surface area contributed by atoms with Gasteiger partial charge in [0.05, 0.1) is 11.5 Å². The molecule has 0 spiro atoms. The molecule has 5 heterocycles. The Balaban J connectivity index is 1.48. The topological polar surface area (TPSA) is 90.5 Å². The molecular formula is C26H27FN6O2. The van der Waals surface area contributed by atoms with Crippen LogP contribution in [0.1, 0.15) is 12.8 Å². The fourth-order valence-electron chi connectivity index (χ4n) is 4.93. The molecule has 0 aliphatic carbocycles. The molecule has 0 atom stereocenters. The van der Waals surface area contributed by atoms with Crippen LogP contribution < -0.4 is 15.1 Å². The van der Waals surface area contributed by atoms with Crippen LogP contribution in [0.15, 0.2) is 53.3 Å². The fraction of sp³-hybridized carbons (Fsp3) is 0.346. The van der Waals surface area contributed by atoms with E-state index >= 15 is 0 Å². The lowest BCUT2D eigenvalue weighted by atomic mass is 9.99. The Morgan fingerprint density at radius 2 is 1.63 bits per heavy atom. The van der Waals surface area contributed by atoms with Crippen molar-refractivity contribution in [3.05, 3.63) is 54.7 Å². The van der Waals surface area contributed by atoms with Gasteiger partial charge >= 0.3 is 0 Å². The summed E-state index contributed by atoms with van der Waals surface area (Å²) in [5, 5.41) is 14.1. The van der Waals surface area contributed by atoms with Crippen molar-refractivity contribution in [1.82, 2.24) is 20.3 Å². The van der Waals surface area contributed by atoms with Crippen molar-refractivity contribution >= 4 is 22.7 Å². The van der Waals surface area contributed by atoms with Gasteiger partial charge in [-0.15, -0.1) is 0 Å². The number of pyridine rings is 1. The molecule has 2 aliphatic heterocycles. The molecule has 0 bridgehead atoms. The van der Waals surface area contributed by atoms with Crippen LogP contribution >= 0.6 is 0 Å². The first kappa shape index (κ1) is 21.9. The first-order chi connectivity index (χ1) is 17.2. The highest BCUT2D eigenvalue weighted by atomic mass is 19.1. The second-order valence-corrected chi connectivity index (χ2v) is 9.05. The minimum absolute atomic E-state index is 0.291. The molecule has 0 saturated carbocycles. The normalized spacial score (nSPS) is 17.3. The molecule has 0 amide bonds. The highest BCUT2D eigenvalue weighted by Gasteiger charge is 2.27. The number of rotatable bonds is 4. The molecule has 6 rings (SSSR count). The third kappa shape index (κ3) is 4.21. The maximum absolute atomic E-state index is 13.8. The second-order valence-electron chi connectivity index (χ2n) is 9.05. The van der Waals surface area contributed by atoms with Crippen molar-refractivity contribution in [2.24, 2.45) is 0 Å². The number of fused-ring (bicyclic) bond motifs is 1. The maximum Gasteiger partial charge on any atom is 0.232 e. The van der Waals surface area contributed by atoms with Gasteiger partial charge in [0.2, 0.25) is 5.71 Å². The molecule has 2 fully saturated rings. The summed E-state index contributed by atoms with van der Waals surface area (Å²) in [6.45, 7) is 5.10. The zero-order valence-electron chi connectivity index (χ0n) is 19.3. The highest BCUT2D eigenvalue weighted by molar-refractivity contribution is 6.06. The van der Waals surface area contributed by atoms with Gasteiger partial charge in [0, 0.05) is 56.6 Å². The van der Waals surface area contributed by atoms with E-state index in [-0.39, 0.29) is 11.9 Å². The number of hydrogen-bond donors (Lipinski definition) is 2. The van der Waals surface area contributed by atoms with Gasteiger partial charge in [-0.05, 0) is 42.7 Å². The number of piperazine rings is 1. The lowest BCUT2D eigenvalue weighted by Crippen LogP contribution is -2.43. The SMILES string of the molecule is OC1CCN(c2ncnc3oc(-c4ccc(N5CCNCC5)nc4)c(-c4ccc(F)cc4)c23)CC1. The van der Waals surface area contributed by atoms with Crippen molar-refractivity contribution < 1.29 is 13.9 Å². The van der Waals surface area contributed by atoms with Gasteiger partial charge in [-0.2, -0.15) is 0 Å². The number of hydrogen-bond acceptors (Lipinski definition) is 8. The summed E-state index contributed by atoms with van der Waals surface area (Å²) in [6.07, 6.45) is 4.40. The number of anilines is 2. The second kappa shape index (κ2) is 9.24. The molecule has 8 nitrogen and oxygen atoms in total. The summed E-state index contributed by atoms with van der Waals surface area (Å²) in [6, 6.07) is 10.4. The van der Waals surface area contributed by atoms with E-state index in [0.29, 0.717) is 37.4 Å². The molecule has 4 aromatic rings. The fourth-order valence-corrected chi connectivity index (χ4v) is 4.93. The van der Waals surface area contributed by atoms with E-state index in [4.69, 9.17) is 9.40 Å². The summed E-state index contributed by atoms with van der Waals surface area (Å²) in [7, 11) is 0. The van der Waals surface area contributed by atoms with E-state index in [2.05, 4.69) is 25.1 Å². The molecule has 2 N–H and O–H groups in total. The Bertz CT molecular complexity index is 1310. The number of nitrogens with zero attached hydrogens (tertiary/aromatic N) is 5. The summed E-state index contributed by atoms with van der Waals surface area (Å²) in [5.41, 5.74) is 2.93. The lowest BCUT2D eigenvalue weighted by Gasteiger charge is -2.30. The third-order valence-electron chi connectivity index (χ3n) is 6.82. The summed E-state index contributed by atoms with van der Waals surface area (Å²) in [5.74, 6) is 2.03. The monoisotopic (exact) mass is 474 g/mol. The van der Waals surface area contributed by atoms with Crippen LogP contribution in [0.2, 0.25) is 0 Å². The predicted octanol–water partition coefficient (Wildman–Crippen LogP) is 3.46. The van der Waals surface area contributed by atoms with Gasteiger partial charge in [-0.3, -0.25) is 0 Å². The number of halogens is 1. The zero-order valence-corrected chi connectivity index (χ0v) is 19.3. The van der Waals surface area contributed by atoms with Crippen molar-refractivity contribution in [2.45, 2.75) is 18.9 Å². The Kier molecular flexibility index (Phi) is 5.79. The van der Waals surface area contributed by atoms with Gasteiger partial charge in [0.15, 0.2) is 0 Å². The lowest BCUT2D eigenvalue weighted by molar-refractivity contribution is 0.145. The first-order valence-electron chi connectivity index (χ1n) is 12.1. The van der Waals surface area contributed by atoms with Crippen molar-refractivity contribution in [2.75, 3.05) is 49.1 Å². The molecule has 2 aliphatic rings. The molecule has 3 aromatic heterocycles. The van der Waals surface area contributed by atoms with Gasteiger partial charge in [-0.25, -0.2) is 19.3 Å². The molecule has 0 radical (unpaired) electrons. The first-order valence-corrected chi connectivity index (χ1v) is 12.1. The molecule has 2 saturated heterocycles. The highest BCUT2D eigenvalue weighted by Crippen LogP contribution is 2.43. The molecule has 0 unspecified atom stereocenters. The van der Waals surface area contributed by atoms with Gasteiger partial charge < -0.3 is 24.6 Å². The van der Waals surface area contributed by atoms with Gasteiger partial charge in [0.25, 0.3) is 0 Å². The van der Waals surface area contributed by atoms with E-state index in [0.717, 1.165) is 59.9 Å². The van der Waals surface area contributed by atoms with Crippen molar-refractivity contribution in [3.63, 3.8) is 0 Å². The van der Waals surface area contributed by atoms with E-state index in [9.17, 15) is 9.50 Å². The smallest absolute Gasteiger partial charge is 0.232 e. The largest absolute Gasteiger partial charge is 0.437 e. The number of aromatic nitrogens is 3. The summed E-state index contributed by atoms with van der Waals surface area (Å²) >= 11 is 0. The van der Waals surface area contributed by atoms with Crippen molar-refractivity contribution in [3.8, 4) is 22.5 Å². The Morgan fingerprint density at radius 3 is 2.34 bits per heavy atom. The minimum Gasteiger partial charge on any atom is -0.437 e. The van der Waals surface area contributed by atoms with Crippen LogP contribution in [0, 0.1) is 5.82 Å². The Labute approximate surface area is 202 Å². The molecular weight excluding hydrogens is 447 g/mol. The van der Waals surface area contributed by atoms with Crippen LogP contribution in [0.4, 0.5) is 16.0 Å². The van der Waals surface area contributed by atoms with Crippen LogP contribution in [0.3, 0.4) is 0 Å². The van der Waals surface area contributed by atoms with Crippen molar-refractivity contribution in [1.29, 1.82) is 0 Å². The van der Waals surface area contributed by atoms with E-state index in [1.165, 1.54) is 18.5 Å². The van der Waals surface area contributed by atoms with Crippen LogP contribution in [-0.4, -0.2) is 65.4 Å². The molecule has 35 heavy (non-hydrogen) atoms. The average molecular weight is 475 g/mol. The number of piperidine rings is 1. The maximum atomic E-state index is 13.8. The van der Waals surface area contributed by atoms with Crippen LogP contribution in [0.25, 0.3) is 33.6 Å². The summed E-state index contributed by atoms with van der Waals surface area (Å²) in [4.78, 5) is 18.2. The number of furan rings is 1. The Morgan fingerprint density at radius 1 is 0.886 bits per heavy atom. The van der Waals surface area contributed by atoms with E-state index in [1.807, 2.05) is 18.3 Å². The number of aliphatic hydroxyl groups excluding tert-OH is 1. The molecule has 1 aromatic carbocycles. The van der Waals surface area contributed by atoms with Crippen LogP contribution in [-0.2, 0) is 0 Å². The molecule has 180 valence electrons. The zero-order chi connectivity index (χ0) is 23.8. The average Bonchev–Trinajstić information content (AvgIpc) is 3.30. The third-order valence-corrected chi connectivity index (χ3v) is 6.82. The quantitative estimate of drug-likeness (QED) is 0.465. The Hall–Kier alpha value is -3.56. The standard InChI is InChI=1S/C26H27FN6O2/c27-19-4-1-17(2-5-19)22-23-25(33-11-7-20(34)8-12-33)30-16-31-26(23)35-24(22)18-3-6-21(29-15-18)32-13-9-28-10-14-32/h1-6,15-16,20,28,34H,7-14H2. The number of aliphatic hydroxyl groups is 1. The minimum atomic E-state index is -0.299. The predicted molar refractivity (Wildman–Crippen MR) is 133 cm³/mol. The van der Waals surface area contributed by atoms with E-state index < -0.39 is 0 Å². The number of nitrogens with one attached hydrogen (secondary N) is 1. The van der Waals surface area contributed by atoms with Gasteiger partial charge in [0.1, 0.15) is 29.5 Å². The summed E-state index contributed by atoms with van der Waals surface area (Å²) < 4.78 is 20.1. The van der Waals surface area contributed by atoms with Crippen LogP contribution in [0.5, 0.6) is 0 Å². The number of benzene rings is 1. The van der Waals surface area contributed by atoms with Gasteiger partial charge in [-0.1, -0.05) is 12.1 Å². The molecule has 9 heteroatoms. The van der Waals surface area contributed by atoms with E-state index in [1.54, 1.807) is 12.1 Å².